The van der Waals surface area contributed by atoms with Crippen LogP contribution in [0.2, 0.25) is 0 Å². The van der Waals surface area contributed by atoms with Gasteiger partial charge in [0, 0.05) is 19.7 Å². The van der Waals surface area contributed by atoms with Gasteiger partial charge >= 0.3 is 0 Å². The molecule has 14 heavy (non-hydrogen) atoms. The Morgan fingerprint density at radius 1 is 1.29 bits per heavy atom. The van der Waals surface area contributed by atoms with Crippen molar-refractivity contribution in [2.24, 2.45) is 5.92 Å². The molecule has 80 valence electrons. The summed E-state index contributed by atoms with van der Waals surface area (Å²) in [5.74, 6) is 0.337. The molecule has 0 bridgehead atoms. The highest BCUT2D eigenvalue weighted by molar-refractivity contribution is 5.85. The van der Waals surface area contributed by atoms with Gasteiger partial charge in [-0.05, 0) is 11.5 Å². The molecule has 0 saturated heterocycles. The predicted octanol–water partition coefficient (Wildman–Crippen LogP) is 1.83. The first kappa shape index (κ1) is 13.4. The minimum atomic E-state index is 0. The third-order valence-corrected chi connectivity index (χ3v) is 1.98. The lowest BCUT2D eigenvalue weighted by Crippen LogP contribution is -2.22. The maximum Gasteiger partial charge on any atom is 0.0468 e. The van der Waals surface area contributed by atoms with E-state index < -0.39 is 0 Å². The monoisotopic (exact) mass is 215 g/mol. The van der Waals surface area contributed by atoms with Crippen LogP contribution >= 0.6 is 12.4 Å². The van der Waals surface area contributed by atoms with Crippen LogP contribution in [0.25, 0.3) is 0 Å². The summed E-state index contributed by atoms with van der Waals surface area (Å²) >= 11 is 0. The van der Waals surface area contributed by atoms with E-state index in [4.69, 9.17) is 5.11 Å². The van der Waals surface area contributed by atoms with Crippen LogP contribution in [0.4, 0.5) is 0 Å². The van der Waals surface area contributed by atoms with E-state index in [2.05, 4.69) is 17.4 Å². The van der Waals surface area contributed by atoms with Crippen LogP contribution in [0.1, 0.15) is 12.5 Å². The predicted molar refractivity (Wildman–Crippen MR) is 61.6 cm³/mol. The van der Waals surface area contributed by atoms with E-state index in [1.807, 2.05) is 25.1 Å². The first-order valence-electron chi connectivity index (χ1n) is 4.68. The van der Waals surface area contributed by atoms with E-state index in [-0.39, 0.29) is 19.0 Å². The van der Waals surface area contributed by atoms with Crippen molar-refractivity contribution in [3.8, 4) is 0 Å². The van der Waals surface area contributed by atoms with Gasteiger partial charge in [-0.2, -0.15) is 0 Å². The molecular weight excluding hydrogens is 198 g/mol. The topological polar surface area (TPSA) is 32.3 Å². The van der Waals surface area contributed by atoms with Crippen molar-refractivity contribution in [1.29, 1.82) is 0 Å². The van der Waals surface area contributed by atoms with Gasteiger partial charge in [0.1, 0.15) is 0 Å². The van der Waals surface area contributed by atoms with Crippen molar-refractivity contribution in [2.45, 2.75) is 13.5 Å². The summed E-state index contributed by atoms with van der Waals surface area (Å²) in [5, 5.41) is 12.1. The third kappa shape index (κ3) is 5.22. The molecule has 1 atom stereocenters. The molecule has 0 aromatic heterocycles. The Hall–Kier alpha value is -0.570. The van der Waals surface area contributed by atoms with Crippen molar-refractivity contribution in [3.63, 3.8) is 0 Å². The minimum Gasteiger partial charge on any atom is -0.396 e. The molecule has 0 radical (unpaired) electrons. The average molecular weight is 216 g/mol. The van der Waals surface area contributed by atoms with E-state index >= 15 is 0 Å². The smallest absolute Gasteiger partial charge is 0.0468 e. The van der Waals surface area contributed by atoms with Gasteiger partial charge in [0.25, 0.3) is 0 Å². The standard InChI is InChI=1S/C11H17NO.ClH/c1-10(9-13)7-12-8-11-5-3-2-4-6-11;/h2-6,10,12-13H,7-9H2,1H3;1H. The molecule has 3 heteroatoms. The summed E-state index contributed by atoms with van der Waals surface area (Å²) < 4.78 is 0. The van der Waals surface area contributed by atoms with Gasteiger partial charge in [-0.1, -0.05) is 37.3 Å². The fourth-order valence-electron chi connectivity index (χ4n) is 1.12. The Bertz CT molecular complexity index is 228. The summed E-state index contributed by atoms with van der Waals surface area (Å²) in [5.41, 5.74) is 1.28. The summed E-state index contributed by atoms with van der Waals surface area (Å²) in [6.07, 6.45) is 0. The highest BCUT2D eigenvalue weighted by atomic mass is 35.5. The largest absolute Gasteiger partial charge is 0.396 e. The normalized spacial score (nSPS) is 11.9. The zero-order valence-corrected chi connectivity index (χ0v) is 9.26. The van der Waals surface area contributed by atoms with Crippen LogP contribution < -0.4 is 5.32 Å². The van der Waals surface area contributed by atoms with Crippen molar-refractivity contribution in [1.82, 2.24) is 5.32 Å². The molecule has 0 aliphatic heterocycles. The molecule has 0 amide bonds. The number of nitrogens with one attached hydrogen (secondary N) is 1. The van der Waals surface area contributed by atoms with Crippen LogP contribution in [-0.2, 0) is 6.54 Å². The first-order valence-corrected chi connectivity index (χ1v) is 4.68. The lowest BCUT2D eigenvalue weighted by atomic mass is 10.2. The quantitative estimate of drug-likeness (QED) is 0.786. The Kier molecular flexibility index (Phi) is 7.48. The Balaban J connectivity index is 0.00000169. The van der Waals surface area contributed by atoms with Crippen molar-refractivity contribution in [3.05, 3.63) is 35.9 Å². The summed E-state index contributed by atoms with van der Waals surface area (Å²) in [7, 11) is 0. The van der Waals surface area contributed by atoms with Crippen LogP contribution in [0.15, 0.2) is 30.3 Å². The Morgan fingerprint density at radius 2 is 1.93 bits per heavy atom. The van der Waals surface area contributed by atoms with Gasteiger partial charge in [-0.15, -0.1) is 12.4 Å². The number of halogens is 1. The van der Waals surface area contributed by atoms with Crippen LogP contribution in [0.3, 0.4) is 0 Å². The molecule has 0 spiro atoms. The molecule has 0 heterocycles. The van der Waals surface area contributed by atoms with Gasteiger partial charge in [-0.25, -0.2) is 0 Å². The van der Waals surface area contributed by atoms with Crippen LogP contribution in [0.5, 0.6) is 0 Å². The Morgan fingerprint density at radius 3 is 2.50 bits per heavy atom. The van der Waals surface area contributed by atoms with Crippen molar-refractivity contribution < 1.29 is 5.11 Å². The SMILES string of the molecule is CC(CO)CNCc1ccccc1.Cl. The van der Waals surface area contributed by atoms with Crippen molar-refractivity contribution >= 4 is 12.4 Å². The van der Waals surface area contributed by atoms with Gasteiger partial charge < -0.3 is 10.4 Å². The van der Waals surface area contributed by atoms with E-state index in [1.165, 1.54) is 5.56 Å². The van der Waals surface area contributed by atoms with Gasteiger partial charge in [-0.3, -0.25) is 0 Å². The number of aliphatic hydroxyl groups excluding tert-OH is 1. The average Bonchev–Trinajstić information content (AvgIpc) is 2.19. The molecular formula is C11H18ClNO. The molecule has 1 unspecified atom stereocenters. The molecule has 0 aliphatic rings. The van der Waals surface area contributed by atoms with E-state index in [1.54, 1.807) is 0 Å². The molecule has 1 rings (SSSR count). The number of hydrogen-bond acceptors (Lipinski definition) is 2. The molecule has 2 N–H and O–H groups in total. The lowest BCUT2D eigenvalue weighted by molar-refractivity contribution is 0.233. The second kappa shape index (κ2) is 7.80. The second-order valence-corrected chi connectivity index (χ2v) is 3.40. The van der Waals surface area contributed by atoms with Gasteiger partial charge in [0.15, 0.2) is 0 Å². The Labute approximate surface area is 91.8 Å². The molecule has 2 nitrogen and oxygen atoms in total. The maximum absolute atomic E-state index is 8.79. The van der Waals surface area contributed by atoms with Gasteiger partial charge in [0.2, 0.25) is 0 Å². The number of benzene rings is 1. The summed E-state index contributed by atoms with van der Waals surface area (Å²) in [6.45, 7) is 4.02. The molecule has 1 aromatic carbocycles. The molecule has 0 saturated carbocycles. The lowest BCUT2D eigenvalue weighted by Gasteiger charge is -2.09. The molecule has 0 aliphatic carbocycles. The fraction of sp³-hybridized carbons (Fsp3) is 0.455. The highest BCUT2D eigenvalue weighted by Gasteiger charge is 1.98. The zero-order valence-electron chi connectivity index (χ0n) is 8.44. The molecule has 1 aromatic rings. The van der Waals surface area contributed by atoms with E-state index in [0.29, 0.717) is 5.92 Å². The van der Waals surface area contributed by atoms with E-state index in [0.717, 1.165) is 13.1 Å². The van der Waals surface area contributed by atoms with Crippen LogP contribution in [-0.4, -0.2) is 18.3 Å². The maximum atomic E-state index is 8.79. The summed E-state index contributed by atoms with van der Waals surface area (Å²) in [4.78, 5) is 0. The first-order chi connectivity index (χ1) is 6.33. The third-order valence-electron chi connectivity index (χ3n) is 1.98. The fourth-order valence-corrected chi connectivity index (χ4v) is 1.12. The van der Waals surface area contributed by atoms with Crippen molar-refractivity contribution in [2.75, 3.05) is 13.2 Å². The minimum absolute atomic E-state index is 0. The zero-order chi connectivity index (χ0) is 9.52. The number of aliphatic hydroxyl groups is 1. The summed E-state index contributed by atoms with van der Waals surface area (Å²) in [6, 6.07) is 10.3. The second-order valence-electron chi connectivity index (χ2n) is 3.40. The van der Waals surface area contributed by atoms with E-state index in [9.17, 15) is 0 Å². The van der Waals surface area contributed by atoms with Crippen LogP contribution in [0, 0.1) is 5.92 Å². The highest BCUT2D eigenvalue weighted by Crippen LogP contribution is 1.97. The number of rotatable bonds is 5. The molecule has 0 fully saturated rings. The number of hydrogen-bond donors (Lipinski definition) is 2. The van der Waals surface area contributed by atoms with Gasteiger partial charge in [0.05, 0.1) is 0 Å².